The van der Waals surface area contributed by atoms with Gasteiger partial charge in [-0.05, 0) is 75.8 Å². The molecule has 2 N–H and O–H groups in total. The molecule has 9 heteroatoms. The fourth-order valence-corrected chi connectivity index (χ4v) is 7.62. The van der Waals surface area contributed by atoms with Gasteiger partial charge in [0.2, 0.25) is 15.9 Å². The summed E-state index contributed by atoms with van der Waals surface area (Å²) in [5, 5.41) is 3.05. The number of rotatable bonds is 6. The number of sulfonamides is 1. The van der Waals surface area contributed by atoms with Crippen molar-refractivity contribution in [3.8, 4) is 0 Å². The highest BCUT2D eigenvalue weighted by atomic mass is 32.2. The summed E-state index contributed by atoms with van der Waals surface area (Å²) in [7, 11) is -2.81. The highest BCUT2D eigenvalue weighted by molar-refractivity contribution is 7.89. The fraction of sp³-hybridized carbons (Fsp3) is 0.636. The molecule has 0 saturated heterocycles. The van der Waals surface area contributed by atoms with Crippen LogP contribution < -0.4 is 10.0 Å². The second kappa shape index (κ2) is 7.55. The molecule has 4 saturated carbocycles. The van der Waals surface area contributed by atoms with E-state index in [9.17, 15) is 22.4 Å². The molecule has 1 amide bonds. The Kier molecular flexibility index (Phi) is 5.41. The maximum atomic E-state index is 14.0. The lowest BCUT2D eigenvalue weighted by Crippen LogP contribution is -2.64. The van der Waals surface area contributed by atoms with Gasteiger partial charge >= 0.3 is 5.97 Å². The molecule has 7 nitrogen and oxygen atoms in total. The zero-order chi connectivity index (χ0) is 22.6. The van der Waals surface area contributed by atoms with E-state index in [-0.39, 0.29) is 23.8 Å². The Labute approximate surface area is 182 Å². The van der Waals surface area contributed by atoms with Crippen molar-refractivity contribution < 1.29 is 27.1 Å². The second-order valence-electron chi connectivity index (χ2n) is 9.90. The summed E-state index contributed by atoms with van der Waals surface area (Å²) in [6.07, 6.45) is 4.10. The van der Waals surface area contributed by atoms with Crippen molar-refractivity contribution in [1.82, 2.24) is 10.0 Å². The molecule has 0 spiro atoms. The number of esters is 1. The molecule has 0 aliphatic heterocycles. The van der Waals surface area contributed by atoms with Crippen molar-refractivity contribution in [2.45, 2.75) is 62.4 Å². The van der Waals surface area contributed by atoms with E-state index in [0.29, 0.717) is 18.8 Å². The molecule has 5 rings (SSSR count). The normalized spacial score (nSPS) is 32.0. The number of amides is 1. The van der Waals surface area contributed by atoms with E-state index < -0.39 is 37.6 Å². The largest absolute Gasteiger partial charge is 0.469 e. The summed E-state index contributed by atoms with van der Waals surface area (Å²) >= 11 is 0. The van der Waals surface area contributed by atoms with Crippen molar-refractivity contribution in [1.29, 1.82) is 0 Å². The first-order valence-electron chi connectivity index (χ1n) is 10.7. The number of ether oxygens (including phenoxy) is 1. The van der Waals surface area contributed by atoms with Crippen LogP contribution in [0.3, 0.4) is 0 Å². The first kappa shape index (κ1) is 22.2. The first-order chi connectivity index (χ1) is 14.5. The van der Waals surface area contributed by atoms with Crippen LogP contribution >= 0.6 is 0 Å². The third-order valence-corrected chi connectivity index (χ3v) is 8.96. The highest BCUT2D eigenvalue weighted by Gasteiger charge is 2.59. The van der Waals surface area contributed by atoms with Crippen molar-refractivity contribution in [2.24, 2.45) is 23.2 Å². The van der Waals surface area contributed by atoms with Gasteiger partial charge in [0.1, 0.15) is 16.3 Å². The number of hydrogen-bond acceptors (Lipinski definition) is 5. The molecule has 1 aromatic carbocycles. The van der Waals surface area contributed by atoms with Gasteiger partial charge in [0.15, 0.2) is 0 Å². The summed E-state index contributed by atoms with van der Waals surface area (Å²) in [5.74, 6) is -0.717. The summed E-state index contributed by atoms with van der Waals surface area (Å²) in [5.41, 5.74) is -1.93. The van der Waals surface area contributed by atoms with Crippen LogP contribution in [-0.2, 0) is 24.3 Å². The molecule has 31 heavy (non-hydrogen) atoms. The van der Waals surface area contributed by atoms with Crippen LogP contribution in [0.4, 0.5) is 4.39 Å². The molecule has 0 heterocycles. The Morgan fingerprint density at radius 3 is 2.32 bits per heavy atom. The lowest BCUT2D eigenvalue weighted by Gasteiger charge is -2.58. The highest BCUT2D eigenvalue weighted by Crippen LogP contribution is 2.60. The van der Waals surface area contributed by atoms with E-state index in [4.69, 9.17) is 4.74 Å². The number of hydrogen-bond donors (Lipinski definition) is 2. The molecule has 4 fully saturated rings. The third kappa shape index (κ3) is 3.86. The second-order valence-corrected chi connectivity index (χ2v) is 11.6. The molecule has 170 valence electrons. The topological polar surface area (TPSA) is 102 Å². The van der Waals surface area contributed by atoms with E-state index >= 15 is 0 Å². The van der Waals surface area contributed by atoms with Crippen LogP contribution in [0.1, 0.15) is 46.0 Å². The molecular formula is C22H29FN2O5S. The lowest BCUT2D eigenvalue weighted by atomic mass is 9.48. The van der Waals surface area contributed by atoms with Gasteiger partial charge in [-0.3, -0.25) is 9.59 Å². The first-order valence-corrected chi connectivity index (χ1v) is 12.1. The van der Waals surface area contributed by atoms with Crippen LogP contribution in [0.25, 0.3) is 0 Å². The maximum absolute atomic E-state index is 14.0. The van der Waals surface area contributed by atoms with Gasteiger partial charge in [-0.15, -0.1) is 0 Å². The van der Waals surface area contributed by atoms with Gasteiger partial charge in [0.25, 0.3) is 0 Å². The summed E-state index contributed by atoms with van der Waals surface area (Å²) in [4.78, 5) is 25.1. The van der Waals surface area contributed by atoms with Crippen LogP contribution in [0.15, 0.2) is 29.2 Å². The summed E-state index contributed by atoms with van der Waals surface area (Å²) in [6, 6.07) is 4.94. The molecule has 0 aromatic heterocycles. The average Bonchev–Trinajstić information content (AvgIpc) is 2.68. The average molecular weight is 453 g/mol. The number of halogens is 1. The number of carbonyl (C=O) groups excluding carboxylic acids is 2. The van der Waals surface area contributed by atoms with Crippen molar-refractivity contribution in [3.05, 3.63) is 30.1 Å². The minimum atomic E-state index is -4.23. The minimum Gasteiger partial charge on any atom is -0.469 e. The SMILES string of the molecule is COC(=O)C12CC3CC(C1)C(NC(=O)C(C)(C)NS(=O)(=O)c1ccccc1F)C(C3)C2. The smallest absolute Gasteiger partial charge is 0.311 e. The Bertz CT molecular complexity index is 993. The zero-order valence-corrected chi connectivity index (χ0v) is 18.8. The molecule has 0 radical (unpaired) electrons. The van der Waals surface area contributed by atoms with Gasteiger partial charge in [0, 0.05) is 6.04 Å². The van der Waals surface area contributed by atoms with Crippen molar-refractivity contribution >= 4 is 21.9 Å². The van der Waals surface area contributed by atoms with E-state index in [1.165, 1.54) is 33.1 Å². The predicted octanol–water partition coefficient (Wildman–Crippen LogP) is 2.37. The fourth-order valence-electron chi connectivity index (χ4n) is 6.16. The van der Waals surface area contributed by atoms with Crippen LogP contribution in [0.2, 0.25) is 0 Å². The molecule has 2 atom stereocenters. The molecule has 2 unspecified atom stereocenters. The van der Waals surface area contributed by atoms with Crippen molar-refractivity contribution in [2.75, 3.05) is 7.11 Å². The van der Waals surface area contributed by atoms with Crippen LogP contribution in [0.5, 0.6) is 0 Å². The monoisotopic (exact) mass is 452 g/mol. The predicted molar refractivity (Wildman–Crippen MR) is 111 cm³/mol. The van der Waals surface area contributed by atoms with Gasteiger partial charge in [0.05, 0.1) is 12.5 Å². The van der Waals surface area contributed by atoms with E-state index in [1.807, 2.05) is 0 Å². The molecular weight excluding hydrogens is 423 g/mol. The van der Waals surface area contributed by atoms with Gasteiger partial charge in [-0.2, -0.15) is 4.72 Å². The number of carbonyl (C=O) groups is 2. The van der Waals surface area contributed by atoms with Crippen LogP contribution in [-0.4, -0.2) is 39.0 Å². The Balaban J connectivity index is 1.48. The summed E-state index contributed by atoms with van der Waals surface area (Å²) in [6.45, 7) is 2.93. The Morgan fingerprint density at radius 2 is 1.74 bits per heavy atom. The van der Waals surface area contributed by atoms with E-state index in [2.05, 4.69) is 10.0 Å². The van der Waals surface area contributed by atoms with Gasteiger partial charge in [-0.25, -0.2) is 12.8 Å². The third-order valence-electron chi connectivity index (χ3n) is 7.27. The quantitative estimate of drug-likeness (QED) is 0.646. The molecule has 1 aromatic rings. The Hall–Kier alpha value is -2.00. The number of nitrogens with one attached hydrogen (secondary N) is 2. The molecule has 4 aliphatic rings. The maximum Gasteiger partial charge on any atom is 0.311 e. The molecule has 4 aliphatic carbocycles. The zero-order valence-electron chi connectivity index (χ0n) is 18.0. The molecule has 4 bridgehead atoms. The van der Waals surface area contributed by atoms with E-state index in [1.54, 1.807) is 0 Å². The standard InChI is InChI=1S/C22H29FN2O5S/c1-21(2,25-31(28,29)17-7-5-4-6-16(17)23)19(26)24-18-14-8-13-9-15(18)12-22(10-13,11-14)20(27)30-3/h4-7,13-15,18,25H,8-12H2,1-3H3,(H,24,26). The van der Waals surface area contributed by atoms with E-state index in [0.717, 1.165) is 31.4 Å². The van der Waals surface area contributed by atoms with Crippen LogP contribution in [0, 0.1) is 29.0 Å². The van der Waals surface area contributed by atoms with Gasteiger partial charge < -0.3 is 10.1 Å². The summed E-state index contributed by atoms with van der Waals surface area (Å²) < 4.78 is 46.8. The lowest BCUT2D eigenvalue weighted by molar-refractivity contribution is -0.171. The number of benzene rings is 1. The number of methoxy groups -OCH3 is 1. The minimum absolute atomic E-state index is 0.112. The van der Waals surface area contributed by atoms with Crippen molar-refractivity contribution in [3.63, 3.8) is 0 Å². The van der Waals surface area contributed by atoms with Gasteiger partial charge in [-0.1, -0.05) is 12.1 Å². The Morgan fingerprint density at radius 1 is 1.13 bits per heavy atom.